The predicted octanol–water partition coefficient (Wildman–Crippen LogP) is 2.03. The fourth-order valence-electron chi connectivity index (χ4n) is 2.78. The summed E-state index contributed by atoms with van der Waals surface area (Å²) < 4.78 is 0. The maximum atomic E-state index is 12.1. The van der Waals surface area contributed by atoms with Gasteiger partial charge in [-0.2, -0.15) is 0 Å². The fraction of sp³-hybridized carbons (Fsp3) is 0.533. The van der Waals surface area contributed by atoms with Crippen LogP contribution in [0.3, 0.4) is 0 Å². The molecule has 0 unspecified atom stereocenters. The van der Waals surface area contributed by atoms with Crippen LogP contribution in [0, 0.1) is 5.41 Å². The molecule has 4 N–H and O–H groups in total. The molecule has 1 fully saturated rings. The Balaban J connectivity index is 1.98. The summed E-state index contributed by atoms with van der Waals surface area (Å²) in [7, 11) is 0. The van der Waals surface area contributed by atoms with E-state index in [-0.39, 0.29) is 17.1 Å². The molecule has 1 aliphatic carbocycles. The molecule has 0 aliphatic heterocycles. The first kappa shape index (κ1) is 13.9. The maximum Gasteiger partial charge on any atom is 0.255 e. The van der Waals surface area contributed by atoms with Gasteiger partial charge in [0.1, 0.15) is 5.75 Å². The number of amides is 1. The third kappa shape index (κ3) is 3.26. The predicted molar refractivity (Wildman–Crippen MR) is 75.0 cm³/mol. The van der Waals surface area contributed by atoms with Crippen LogP contribution < -0.4 is 11.1 Å². The Hall–Kier alpha value is -1.55. The summed E-state index contributed by atoms with van der Waals surface area (Å²) in [5.41, 5.74) is 6.26. The SMILES string of the molecule is NCC1(CNC(=O)c2ccccc2O)CCCCC1. The summed E-state index contributed by atoms with van der Waals surface area (Å²) in [4.78, 5) is 12.1. The van der Waals surface area contributed by atoms with Crippen molar-refractivity contribution in [2.24, 2.45) is 11.1 Å². The first-order valence-electron chi connectivity index (χ1n) is 6.93. The van der Waals surface area contributed by atoms with Gasteiger partial charge in [-0.05, 0) is 36.9 Å². The Kier molecular flexibility index (Phi) is 4.43. The zero-order valence-electron chi connectivity index (χ0n) is 11.2. The van der Waals surface area contributed by atoms with Gasteiger partial charge in [-0.1, -0.05) is 31.4 Å². The van der Waals surface area contributed by atoms with E-state index in [0.29, 0.717) is 18.7 Å². The minimum atomic E-state index is -0.225. The van der Waals surface area contributed by atoms with Crippen LogP contribution in [0.4, 0.5) is 0 Å². The number of aromatic hydroxyl groups is 1. The molecule has 4 nitrogen and oxygen atoms in total. The molecule has 1 aromatic carbocycles. The van der Waals surface area contributed by atoms with Gasteiger partial charge in [0.15, 0.2) is 0 Å². The molecule has 2 rings (SSSR count). The lowest BCUT2D eigenvalue weighted by Crippen LogP contribution is -2.43. The summed E-state index contributed by atoms with van der Waals surface area (Å²) in [5, 5.41) is 12.6. The molecule has 4 heteroatoms. The molecule has 19 heavy (non-hydrogen) atoms. The summed E-state index contributed by atoms with van der Waals surface area (Å²) in [6, 6.07) is 6.59. The molecule has 0 heterocycles. The highest BCUT2D eigenvalue weighted by Crippen LogP contribution is 2.34. The molecule has 1 aliphatic rings. The second-order valence-corrected chi connectivity index (χ2v) is 5.46. The normalized spacial score (nSPS) is 17.9. The highest BCUT2D eigenvalue weighted by atomic mass is 16.3. The molecule has 0 aromatic heterocycles. The molecular formula is C15H22N2O2. The van der Waals surface area contributed by atoms with Crippen molar-refractivity contribution in [1.82, 2.24) is 5.32 Å². The van der Waals surface area contributed by atoms with Crippen LogP contribution in [0.5, 0.6) is 5.75 Å². The van der Waals surface area contributed by atoms with Crippen molar-refractivity contribution in [3.8, 4) is 5.75 Å². The molecule has 0 radical (unpaired) electrons. The molecule has 104 valence electrons. The standard InChI is InChI=1S/C15H22N2O2/c16-10-15(8-4-1-5-9-15)11-17-14(19)12-6-2-3-7-13(12)18/h2-3,6-7,18H,1,4-5,8-11,16H2,(H,17,19). The van der Waals surface area contributed by atoms with Crippen LogP contribution in [0.1, 0.15) is 42.5 Å². The monoisotopic (exact) mass is 262 g/mol. The summed E-state index contributed by atoms with van der Waals surface area (Å²) in [6.07, 6.45) is 5.78. The van der Waals surface area contributed by atoms with Crippen molar-refractivity contribution in [1.29, 1.82) is 0 Å². The van der Waals surface area contributed by atoms with E-state index in [1.807, 2.05) is 0 Å². The highest BCUT2D eigenvalue weighted by molar-refractivity contribution is 5.96. The lowest BCUT2D eigenvalue weighted by atomic mass is 9.74. The molecule has 0 spiro atoms. The van der Waals surface area contributed by atoms with Crippen molar-refractivity contribution in [3.05, 3.63) is 29.8 Å². The Morgan fingerprint density at radius 1 is 1.26 bits per heavy atom. The number of benzene rings is 1. The van der Waals surface area contributed by atoms with Crippen LogP contribution in [0.25, 0.3) is 0 Å². The number of nitrogens with one attached hydrogen (secondary N) is 1. The Bertz CT molecular complexity index is 440. The summed E-state index contributed by atoms with van der Waals surface area (Å²) >= 11 is 0. The van der Waals surface area contributed by atoms with Crippen LogP contribution in [0.15, 0.2) is 24.3 Å². The number of carbonyl (C=O) groups excluding carboxylic acids is 1. The lowest BCUT2D eigenvalue weighted by Gasteiger charge is -2.36. The van der Waals surface area contributed by atoms with E-state index >= 15 is 0 Å². The van der Waals surface area contributed by atoms with Gasteiger partial charge in [0, 0.05) is 6.54 Å². The van der Waals surface area contributed by atoms with Crippen LogP contribution in [-0.2, 0) is 0 Å². The first-order valence-corrected chi connectivity index (χ1v) is 6.93. The average molecular weight is 262 g/mol. The molecule has 0 atom stereocenters. The van der Waals surface area contributed by atoms with Gasteiger partial charge in [0.2, 0.25) is 0 Å². The second-order valence-electron chi connectivity index (χ2n) is 5.46. The molecule has 0 saturated heterocycles. The van der Waals surface area contributed by atoms with Crippen molar-refractivity contribution in [2.75, 3.05) is 13.1 Å². The van der Waals surface area contributed by atoms with Gasteiger partial charge in [-0.25, -0.2) is 0 Å². The smallest absolute Gasteiger partial charge is 0.255 e. The average Bonchev–Trinajstić information content (AvgIpc) is 2.46. The minimum absolute atomic E-state index is 0.0189. The van der Waals surface area contributed by atoms with E-state index < -0.39 is 0 Å². The van der Waals surface area contributed by atoms with Crippen molar-refractivity contribution in [2.45, 2.75) is 32.1 Å². The number of phenolic OH excluding ortho intramolecular Hbond substituents is 1. The number of carbonyl (C=O) groups is 1. The number of rotatable bonds is 4. The number of nitrogens with two attached hydrogens (primary N) is 1. The third-order valence-electron chi connectivity index (χ3n) is 4.12. The molecule has 1 saturated carbocycles. The van der Waals surface area contributed by atoms with Gasteiger partial charge < -0.3 is 16.2 Å². The van der Waals surface area contributed by atoms with E-state index in [4.69, 9.17) is 5.73 Å². The Morgan fingerprint density at radius 2 is 1.95 bits per heavy atom. The summed E-state index contributed by atoms with van der Waals surface area (Å²) in [6.45, 7) is 1.20. The van der Waals surface area contributed by atoms with Gasteiger partial charge in [0.05, 0.1) is 5.56 Å². The number of para-hydroxylation sites is 1. The largest absolute Gasteiger partial charge is 0.507 e. The lowest BCUT2D eigenvalue weighted by molar-refractivity contribution is 0.0911. The van der Waals surface area contributed by atoms with Crippen molar-refractivity contribution >= 4 is 5.91 Å². The minimum Gasteiger partial charge on any atom is -0.507 e. The second kappa shape index (κ2) is 6.06. The van der Waals surface area contributed by atoms with E-state index in [1.54, 1.807) is 18.2 Å². The first-order chi connectivity index (χ1) is 9.17. The topological polar surface area (TPSA) is 75.3 Å². The number of phenols is 1. The van der Waals surface area contributed by atoms with E-state index in [2.05, 4.69) is 5.32 Å². The number of hydrogen-bond acceptors (Lipinski definition) is 3. The van der Waals surface area contributed by atoms with E-state index in [1.165, 1.54) is 25.3 Å². The quantitative estimate of drug-likeness (QED) is 0.777. The summed E-state index contributed by atoms with van der Waals surface area (Å²) in [5.74, 6) is -0.207. The van der Waals surface area contributed by atoms with Crippen LogP contribution in [-0.4, -0.2) is 24.1 Å². The number of hydrogen-bond donors (Lipinski definition) is 3. The van der Waals surface area contributed by atoms with Gasteiger partial charge in [-0.15, -0.1) is 0 Å². The Labute approximate surface area is 114 Å². The fourth-order valence-corrected chi connectivity index (χ4v) is 2.78. The van der Waals surface area contributed by atoms with Gasteiger partial charge in [0.25, 0.3) is 5.91 Å². The van der Waals surface area contributed by atoms with E-state index in [9.17, 15) is 9.90 Å². The van der Waals surface area contributed by atoms with Crippen molar-refractivity contribution < 1.29 is 9.90 Å². The highest BCUT2D eigenvalue weighted by Gasteiger charge is 2.31. The Morgan fingerprint density at radius 3 is 2.58 bits per heavy atom. The van der Waals surface area contributed by atoms with Gasteiger partial charge in [-0.3, -0.25) is 4.79 Å². The van der Waals surface area contributed by atoms with Gasteiger partial charge >= 0.3 is 0 Å². The zero-order chi connectivity index (χ0) is 13.7. The van der Waals surface area contributed by atoms with E-state index in [0.717, 1.165) is 12.8 Å². The molecule has 1 aromatic rings. The molecule has 0 bridgehead atoms. The van der Waals surface area contributed by atoms with Crippen LogP contribution >= 0.6 is 0 Å². The van der Waals surface area contributed by atoms with Crippen molar-refractivity contribution in [3.63, 3.8) is 0 Å². The molecular weight excluding hydrogens is 240 g/mol. The van der Waals surface area contributed by atoms with Crippen LogP contribution in [0.2, 0.25) is 0 Å². The maximum absolute atomic E-state index is 12.1. The third-order valence-corrected chi connectivity index (χ3v) is 4.12. The molecule has 1 amide bonds. The zero-order valence-corrected chi connectivity index (χ0v) is 11.2.